The van der Waals surface area contributed by atoms with Crippen LogP contribution in [0.3, 0.4) is 0 Å². The highest BCUT2D eigenvalue weighted by Gasteiger charge is 2.31. The van der Waals surface area contributed by atoms with E-state index in [9.17, 15) is 17.6 Å². The summed E-state index contributed by atoms with van der Waals surface area (Å²) >= 11 is 0. The minimum Gasteiger partial charge on any atom is -0.409 e. The molecule has 0 saturated heterocycles. The number of alkyl halides is 1. The molecule has 0 bridgehead atoms. The third kappa shape index (κ3) is 2.72. The van der Waals surface area contributed by atoms with Gasteiger partial charge in [-0.1, -0.05) is 6.92 Å². The number of fused-ring (bicyclic) bond motifs is 1. The van der Waals surface area contributed by atoms with Crippen molar-refractivity contribution in [3.8, 4) is 5.75 Å². The van der Waals surface area contributed by atoms with Crippen LogP contribution in [-0.2, 0) is 6.42 Å². The van der Waals surface area contributed by atoms with Crippen molar-refractivity contribution in [1.82, 2.24) is 0 Å². The third-order valence-electron chi connectivity index (χ3n) is 2.90. The molecule has 4 N–H and O–H groups in total. The largest absolute Gasteiger partial charge is 0.492 e. The Kier molecular flexibility index (Phi) is 3.68. The zero-order valence-electron chi connectivity index (χ0n) is 10.8. The van der Waals surface area contributed by atoms with Gasteiger partial charge in [0.1, 0.15) is 0 Å². The molecule has 2 aromatic carbocycles. The van der Waals surface area contributed by atoms with Crippen LogP contribution in [0.2, 0.25) is 0 Å². The Hall–Kier alpha value is -2.06. The topological polar surface area (TPSA) is 75.7 Å². The summed E-state index contributed by atoms with van der Waals surface area (Å²) < 4.78 is 57.9. The van der Waals surface area contributed by atoms with Crippen LogP contribution in [0.15, 0.2) is 12.1 Å². The van der Waals surface area contributed by atoms with Gasteiger partial charge in [0, 0.05) is 16.5 Å². The fourth-order valence-corrected chi connectivity index (χ4v) is 2.10. The lowest BCUT2D eigenvalue weighted by Gasteiger charge is -2.18. The maximum atomic E-state index is 13.8. The molecule has 0 amide bonds. The first-order chi connectivity index (χ1) is 9.65. The molecule has 8 heteroatoms. The molecule has 0 saturated carbocycles. The van der Waals surface area contributed by atoms with Gasteiger partial charge in [-0.2, -0.15) is 4.39 Å². The van der Waals surface area contributed by atoms with Gasteiger partial charge in [-0.15, -0.1) is 4.39 Å². The van der Waals surface area contributed by atoms with E-state index < -0.39 is 34.8 Å². The molecule has 0 aliphatic carbocycles. The predicted molar refractivity (Wildman–Crippen MR) is 66.5 cm³/mol. The minimum atomic E-state index is -4.25. The van der Waals surface area contributed by atoms with E-state index in [1.54, 1.807) is 6.92 Å². The predicted octanol–water partition coefficient (Wildman–Crippen LogP) is 2.35. The number of hydrogen-bond donors (Lipinski definition) is 3. The Morgan fingerprint density at radius 3 is 2.29 bits per heavy atom. The molecule has 0 spiro atoms. The number of aliphatic hydroxyl groups is 2. The van der Waals surface area contributed by atoms with Gasteiger partial charge in [-0.3, -0.25) is 0 Å². The second-order valence-electron chi connectivity index (χ2n) is 4.36. The lowest BCUT2D eigenvalue weighted by Crippen LogP contribution is -2.30. The summed E-state index contributed by atoms with van der Waals surface area (Å²) in [7, 11) is 0. The van der Waals surface area contributed by atoms with Gasteiger partial charge >= 0.3 is 6.23 Å². The molecule has 114 valence electrons. The van der Waals surface area contributed by atoms with Gasteiger partial charge < -0.3 is 20.7 Å². The molecule has 0 fully saturated rings. The highest BCUT2D eigenvalue weighted by atomic mass is 19.2. The summed E-state index contributed by atoms with van der Waals surface area (Å²) in [4.78, 5) is 0. The molecule has 21 heavy (non-hydrogen) atoms. The molecule has 0 heterocycles. The molecule has 0 atom stereocenters. The third-order valence-corrected chi connectivity index (χ3v) is 2.90. The molecule has 2 aromatic rings. The van der Waals surface area contributed by atoms with Gasteiger partial charge in [-0.05, 0) is 24.1 Å². The first kappa shape index (κ1) is 15.3. The Balaban J connectivity index is 2.94. The van der Waals surface area contributed by atoms with Crippen molar-refractivity contribution < 1.29 is 32.5 Å². The van der Waals surface area contributed by atoms with Gasteiger partial charge in [0.2, 0.25) is 5.82 Å². The van der Waals surface area contributed by atoms with E-state index in [0.29, 0.717) is 0 Å². The van der Waals surface area contributed by atoms with E-state index in [-0.39, 0.29) is 23.1 Å². The SMILES string of the molecule is CCc1cc(N)cc2c(F)c(F)c(F)c(OC(O)(O)F)c12. The summed E-state index contributed by atoms with van der Waals surface area (Å²) in [6.45, 7) is 1.61. The first-order valence-corrected chi connectivity index (χ1v) is 5.87. The van der Waals surface area contributed by atoms with Crippen LogP contribution in [-0.4, -0.2) is 16.4 Å². The van der Waals surface area contributed by atoms with Crippen molar-refractivity contribution in [2.75, 3.05) is 5.73 Å². The molecule has 0 aliphatic heterocycles. The summed E-state index contributed by atoms with van der Waals surface area (Å²) in [5, 5.41) is 16.4. The van der Waals surface area contributed by atoms with Crippen molar-refractivity contribution in [2.24, 2.45) is 0 Å². The molecular weight excluding hydrogens is 294 g/mol. The van der Waals surface area contributed by atoms with Crippen molar-refractivity contribution in [3.05, 3.63) is 35.1 Å². The molecule has 0 aromatic heterocycles. The lowest BCUT2D eigenvalue weighted by atomic mass is 9.99. The molecule has 0 radical (unpaired) electrons. The number of halogens is 4. The fraction of sp³-hybridized carbons (Fsp3) is 0.231. The quantitative estimate of drug-likeness (QED) is 0.352. The van der Waals surface area contributed by atoms with E-state index in [0.717, 1.165) is 6.07 Å². The van der Waals surface area contributed by atoms with Crippen molar-refractivity contribution in [2.45, 2.75) is 19.6 Å². The molecule has 0 aliphatic rings. The van der Waals surface area contributed by atoms with Crippen LogP contribution in [0.5, 0.6) is 5.75 Å². The van der Waals surface area contributed by atoms with E-state index in [1.165, 1.54) is 6.07 Å². The Labute approximate surface area is 116 Å². The summed E-state index contributed by atoms with van der Waals surface area (Å²) in [5.41, 5.74) is 5.84. The molecular formula is C13H11F4NO3. The monoisotopic (exact) mass is 305 g/mol. The molecule has 2 rings (SSSR count). The number of hydrogen-bond acceptors (Lipinski definition) is 4. The van der Waals surface area contributed by atoms with Gasteiger partial charge in [0.25, 0.3) is 0 Å². The highest BCUT2D eigenvalue weighted by molar-refractivity contribution is 5.94. The zero-order chi connectivity index (χ0) is 15.9. The van der Waals surface area contributed by atoms with E-state index in [4.69, 9.17) is 15.9 Å². The smallest absolute Gasteiger partial charge is 0.409 e. The highest BCUT2D eigenvalue weighted by Crippen LogP contribution is 2.38. The second kappa shape index (κ2) is 5.05. The second-order valence-corrected chi connectivity index (χ2v) is 4.36. The summed E-state index contributed by atoms with van der Waals surface area (Å²) in [5.74, 6) is -6.48. The van der Waals surface area contributed by atoms with Crippen molar-refractivity contribution in [1.29, 1.82) is 0 Å². The van der Waals surface area contributed by atoms with Gasteiger partial charge in [0.15, 0.2) is 17.4 Å². The number of ether oxygens (including phenoxy) is 1. The van der Waals surface area contributed by atoms with E-state index >= 15 is 0 Å². The molecule has 0 unspecified atom stereocenters. The van der Waals surface area contributed by atoms with Crippen LogP contribution in [0.4, 0.5) is 23.2 Å². The Morgan fingerprint density at radius 1 is 1.14 bits per heavy atom. The van der Waals surface area contributed by atoms with Crippen LogP contribution >= 0.6 is 0 Å². The minimum absolute atomic E-state index is 0.0784. The number of nitrogens with two attached hydrogens (primary N) is 1. The summed E-state index contributed by atoms with van der Waals surface area (Å²) in [6, 6.07) is 2.34. The Morgan fingerprint density at radius 2 is 1.76 bits per heavy atom. The van der Waals surface area contributed by atoms with Crippen LogP contribution in [0.25, 0.3) is 10.8 Å². The molecule has 4 nitrogen and oxygen atoms in total. The van der Waals surface area contributed by atoms with Crippen LogP contribution < -0.4 is 10.5 Å². The number of benzene rings is 2. The fourth-order valence-electron chi connectivity index (χ4n) is 2.10. The Bertz CT molecular complexity index is 713. The van der Waals surface area contributed by atoms with E-state index in [1.807, 2.05) is 0 Å². The van der Waals surface area contributed by atoms with Gasteiger partial charge in [-0.25, -0.2) is 8.78 Å². The summed E-state index contributed by atoms with van der Waals surface area (Å²) in [6.07, 6.45) is -4.04. The van der Waals surface area contributed by atoms with E-state index in [2.05, 4.69) is 4.74 Å². The standard InChI is InChI=1S/C13H11F4NO3/c1-2-5-3-6(18)4-7-8(5)12(21-13(17,19)20)11(16)10(15)9(7)14/h3-4,19-20H,2,18H2,1H3. The van der Waals surface area contributed by atoms with Crippen LogP contribution in [0, 0.1) is 17.5 Å². The number of aryl methyl sites for hydroxylation is 1. The maximum Gasteiger partial charge on any atom is 0.492 e. The maximum absolute atomic E-state index is 13.8. The number of nitrogen functional groups attached to an aromatic ring is 1. The van der Waals surface area contributed by atoms with Crippen molar-refractivity contribution >= 4 is 16.5 Å². The average Bonchev–Trinajstić information content (AvgIpc) is 2.39. The van der Waals surface area contributed by atoms with Crippen LogP contribution in [0.1, 0.15) is 12.5 Å². The number of rotatable bonds is 3. The number of anilines is 1. The lowest BCUT2D eigenvalue weighted by molar-refractivity contribution is -0.375. The normalized spacial score (nSPS) is 12.0. The first-order valence-electron chi connectivity index (χ1n) is 5.87. The average molecular weight is 305 g/mol. The van der Waals surface area contributed by atoms with Gasteiger partial charge in [0.05, 0.1) is 0 Å². The zero-order valence-corrected chi connectivity index (χ0v) is 10.8. The van der Waals surface area contributed by atoms with Crippen molar-refractivity contribution in [3.63, 3.8) is 0 Å².